The number of nitrogens with one attached hydrogen (secondary N) is 1. The molecular weight excluding hydrogens is 234 g/mol. The molecule has 0 saturated carbocycles. The lowest BCUT2D eigenvalue weighted by molar-refractivity contribution is -0.384. The minimum absolute atomic E-state index is 0.0825. The fourth-order valence-corrected chi connectivity index (χ4v) is 1.60. The van der Waals surface area contributed by atoms with Crippen molar-refractivity contribution in [3.05, 3.63) is 39.4 Å². The predicted octanol–water partition coefficient (Wildman–Crippen LogP) is 1.37. The summed E-state index contributed by atoms with van der Waals surface area (Å²) >= 11 is 0. The van der Waals surface area contributed by atoms with Crippen LogP contribution in [0.2, 0.25) is 0 Å². The highest BCUT2D eigenvalue weighted by atomic mass is 16.6. The van der Waals surface area contributed by atoms with Gasteiger partial charge in [0.1, 0.15) is 0 Å². The number of benzene rings is 1. The smallest absolute Gasteiger partial charge is 0.270 e. The molecule has 1 rings (SSSR count). The number of nitro groups is 1. The first kappa shape index (κ1) is 14.1. The normalized spacial score (nSPS) is 11.9. The third-order valence-corrected chi connectivity index (χ3v) is 2.65. The van der Waals surface area contributed by atoms with E-state index in [9.17, 15) is 14.9 Å². The van der Waals surface area contributed by atoms with Crippen LogP contribution in [0.3, 0.4) is 0 Å². The van der Waals surface area contributed by atoms with Gasteiger partial charge in [-0.15, -0.1) is 0 Å². The monoisotopic (exact) mass is 251 g/mol. The summed E-state index contributed by atoms with van der Waals surface area (Å²) in [6.45, 7) is 3.97. The van der Waals surface area contributed by atoms with Gasteiger partial charge < -0.3 is 11.1 Å². The van der Waals surface area contributed by atoms with E-state index in [-0.39, 0.29) is 23.2 Å². The topological polar surface area (TPSA) is 98.3 Å². The van der Waals surface area contributed by atoms with Crippen molar-refractivity contribution in [1.82, 2.24) is 5.32 Å². The van der Waals surface area contributed by atoms with Crippen LogP contribution in [0.4, 0.5) is 5.69 Å². The van der Waals surface area contributed by atoms with Crippen LogP contribution < -0.4 is 11.1 Å². The average molecular weight is 251 g/mol. The number of carbonyl (C=O) groups excluding carboxylic acids is 1. The molecule has 1 unspecified atom stereocenters. The Labute approximate surface area is 105 Å². The fourth-order valence-electron chi connectivity index (χ4n) is 1.60. The van der Waals surface area contributed by atoms with Crippen molar-refractivity contribution in [2.45, 2.75) is 26.3 Å². The van der Waals surface area contributed by atoms with Crippen LogP contribution in [0.1, 0.15) is 29.3 Å². The van der Waals surface area contributed by atoms with Gasteiger partial charge in [-0.1, -0.05) is 6.92 Å². The quantitative estimate of drug-likeness (QED) is 0.610. The van der Waals surface area contributed by atoms with E-state index >= 15 is 0 Å². The van der Waals surface area contributed by atoms with Crippen molar-refractivity contribution in [3.63, 3.8) is 0 Å². The van der Waals surface area contributed by atoms with E-state index in [1.54, 1.807) is 13.0 Å². The van der Waals surface area contributed by atoms with Gasteiger partial charge in [0.05, 0.1) is 4.92 Å². The van der Waals surface area contributed by atoms with Crippen LogP contribution in [-0.2, 0) is 0 Å². The first-order chi connectivity index (χ1) is 8.47. The summed E-state index contributed by atoms with van der Waals surface area (Å²) < 4.78 is 0. The number of hydrogen-bond acceptors (Lipinski definition) is 4. The fraction of sp³-hybridized carbons (Fsp3) is 0.417. The number of nitrogens with zero attached hydrogens (tertiary/aromatic N) is 1. The molecule has 0 fully saturated rings. The second-order valence-electron chi connectivity index (χ2n) is 4.13. The Kier molecular flexibility index (Phi) is 4.79. The molecule has 0 aromatic heterocycles. The molecule has 0 bridgehead atoms. The molecule has 0 heterocycles. The van der Waals surface area contributed by atoms with Crippen LogP contribution in [0.25, 0.3) is 0 Å². The SMILES string of the molecule is CCC(CN)NC(=O)c1cc(C)cc([N+](=O)[O-])c1. The van der Waals surface area contributed by atoms with E-state index in [0.29, 0.717) is 12.1 Å². The molecule has 1 amide bonds. The van der Waals surface area contributed by atoms with Crippen molar-refractivity contribution in [3.8, 4) is 0 Å². The maximum atomic E-state index is 11.9. The molecule has 0 aliphatic heterocycles. The van der Waals surface area contributed by atoms with Crippen LogP contribution in [0.15, 0.2) is 18.2 Å². The number of carbonyl (C=O) groups is 1. The summed E-state index contributed by atoms with van der Waals surface area (Å²) in [5, 5.41) is 13.5. The minimum Gasteiger partial charge on any atom is -0.348 e. The van der Waals surface area contributed by atoms with Gasteiger partial charge in [-0.2, -0.15) is 0 Å². The van der Waals surface area contributed by atoms with Crippen molar-refractivity contribution in [2.75, 3.05) is 6.54 Å². The van der Waals surface area contributed by atoms with E-state index in [4.69, 9.17) is 5.73 Å². The number of amides is 1. The molecular formula is C12H17N3O3. The van der Waals surface area contributed by atoms with Gasteiger partial charge in [-0.3, -0.25) is 14.9 Å². The summed E-state index contributed by atoms with van der Waals surface area (Å²) in [4.78, 5) is 22.1. The number of non-ortho nitro benzene ring substituents is 1. The van der Waals surface area contributed by atoms with Gasteiger partial charge in [-0.25, -0.2) is 0 Å². The van der Waals surface area contributed by atoms with Gasteiger partial charge >= 0.3 is 0 Å². The van der Waals surface area contributed by atoms with Gasteiger partial charge in [0.25, 0.3) is 11.6 Å². The van der Waals surface area contributed by atoms with E-state index in [2.05, 4.69) is 5.32 Å². The molecule has 0 radical (unpaired) electrons. The van der Waals surface area contributed by atoms with Gasteiger partial charge in [0.15, 0.2) is 0 Å². The molecule has 1 atom stereocenters. The highest BCUT2D eigenvalue weighted by Crippen LogP contribution is 2.16. The van der Waals surface area contributed by atoms with Crippen molar-refractivity contribution < 1.29 is 9.72 Å². The van der Waals surface area contributed by atoms with Crippen molar-refractivity contribution in [2.24, 2.45) is 5.73 Å². The summed E-state index contributed by atoms with van der Waals surface area (Å²) in [5.74, 6) is -0.334. The predicted molar refractivity (Wildman–Crippen MR) is 68.4 cm³/mol. The Balaban J connectivity index is 2.95. The molecule has 1 aromatic carbocycles. The van der Waals surface area contributed by atoms with E-state index < -0.39 is 4.92 Å². The van der Waals surface area contributed by atoms with Crippen LogP contribution in [-0.4, -0.2) is 23.4 Å². The van der Waals surface area contributed by atoms with Gasteiger partial charge in [0, 0.05) is 30.3 Å². The number of nitrogens with two attached hydrogens (primary N) is 1. The molecule has 6 nitrogen and oxygen atoms in total. The molecule has 0 saturated heterocycles. The average Bonchev–Trinajstić information content (AvgIpc) is 2.34. The molecule has 0 aliphatic carbocycles. The molecule has 98 valence electrons. The Hall–Kier alpha value is -1.95. The minimum atomic E-state index is -0.510. The Morgan fingerprint density at radius 2 is 2.17 bits per heavy atom. The van der Waals surface area contributed by atoms with Crippen LogP contribution in [0, 0.1) is 17.0 Å². The lowest BCUT2D eigenvalue weighted by Gasteiger charge is -2.14. The zero-order valence-corrected chi connectivity index (χ0v) is 10.5. The molecule has 0 aliphatic rings. The summed E-state index contributed by atoms with van der Waals surface area (Å²) in [6, 6.07) is 4.20. The Bertz CT molecular complexity index is 456. The van der Waals surface area contributed by atoms with E-state index in [1.165, 1.54) is 12.1 Å². The Morgan fingerprint density at radius 1 is 1.50 bits per heavy atom. The van der Waals surface area contributed by atoms with E-state index in [0.717, 1.165) is 6.42 Å². The largest absolute Gasteiger partial charge is 0.348 e. The maximum absolute atomic E-state index is 11.9. The molecule has 1 aromatic rings. The molecule has 18 heavy (non-hydrogen) atoms. The standard InChI is InChI=1S/C12H17N3O3/c1-3-10(7-13)14-12(16)9-4-8(2)5-11(6-9)15(17)18/h4-6,10H,3,7,13H2,1-2H3,(H,14,16). The van der Waals surface area contributed by atoms with Crippen LogP contribution in [0.5, 0.6) is 0 Å². The summed E-state index contributed by atoms with van der Waals surface area (Å²) in [6.07, 6.45) is 0.718. The number of rotatable bonds is 5. The van der Waals surface area contributed by atoms with Crippen molar-refractivity contribution in [1.29, 1.82) is 0 Å². The Morgan fingerprint density at radius 3 is 2.67 bits per heavy atom. The van der Waals surface area contributed by atoms with Crippen molar-refractivity contribution >= 4 is 11.6 Å². The summed E-state index contributed by atoms with van der Waals surface area (Å²) in [5.41, 5.74) is 6.37. The summed E-state index contributed by atoms with van der Waals surface area (Å²) in [7, 11) is 0. The molecule has 0 spiro atoms. The third-order valence-electron chi connectivity index (χ3n) is 2.65. The maximum Gasteiger partial charge on any atom is 0.270 e. The zero-order valence-electron chi connectivity index (χ0n) is 10.5. The highest BCUT2D eigenvalue weighted by Gasteiger charge is 2.15. The number of aryl methyl sites for hydroxylation is 1. The van der Waals surface area contributed by atoms with Crippen LogP contribution >= 0.6 is 0 Å². The highest BCUT2D eigenvalue weighted by molar-refractivity contribution is 5.95. The third kappa shape index (κ3) is 3.53. The molecule has 6 heteroatoms. The van der Waals surface area contributed by atoms with E-state index in [1.807, 2.05) is 6.92 Å². The molecule has 3 N–H and O–H groups in total. The van der Waals surface area contributed by atoms with Gasteiger partial charge in [0.2, 0.25) is 0 Å². The first-order valence-electron chi connectivity index (χ1n) is 5.75. The second kappa shape index (κ2) is 6.11. The lowest BCUT2D eigenvalue weighted by Crippen LogP contribution is -2.39. The number of hydrogen-bond donors (Lipinski definition) is 2. The van der Waals surface area contributed by atoms with Gasteiger partial charge in [-0.05, 0) is 25.0 Å². The first-order valence-corrected chi connectivity index (χ1v) is 5.75. The second-order valence-corrected chi connectivity index (χ2v) is 4.13. The zero-order chi connectivity index (χ0) is 13.7. The lowest BCUT2D eigenvalue weighted by atomic mass is 10.1. The number of nitro benzene ring substituents is 1.